The molecule has 61 heavy (non-hydrogen) atoms. The van der Waals surface area contributed by atoms with Gasteiger partial charge in [0.25, 0.3) is 0 Å². The van der Waals surface area contributed by atoms with Crippen molar-refractivity contribution in [1.29, 1.82) is 0 Å². The Bertz CT molecular complexity index is 1250. The van der Waals surface area contributed by atoms with E-state index in [4.69, 9.17) is 23.5 Å². The molecule has 1 saturated heterocycles. The molecule has 356 valence electrons. The van der Waals surface area contributed by atoms with Gasteiger partial charge in [0, 0.05) is 13.0 Å². The van der Waals surface area contributed by atoms with Gasteiger partial charge < -0.3 is 34.3 Å². The molecule has 0 amide bonds. The van der Waals surface area contributed by atoms with E-state index in [2.05, 4.69) is 66.6 Å². The molecular weight excluding hydrogens is 801 g/mol. The van der Waals surface area contributed by atoms with Gasteiger partial charge >= 0.3 is 16.4 Å². The van der Waals surface area contributed by atoms with Crippen LogP contribution in [-0.4, -0.2) is 97.5 Å². The van der Waals surface area contributed by atoms with E-state index >= 15 is 0 Å². The van der Waals surface area contributed by atoms with E-state index < -0.39 is 59.8 Å². The van der Waals surface area contributed by atoms with Crippen molar-refractivity contribution in [1.82, 2.24) is 0 Å². The molecule has 1 aliphatic rings. The zero-order valence-electron chi connectivity index (χ0n) is 38.0. The zero-order chi connectivity index (χ0) is 44.7. The second kappa shape index (κ2) is 39.6. The molecule has 1 heterocycles. The summed E-state index contributed by atoms with van der Waals surface area (Å²) < 4.78 is 59.1. The fourth-order valence-electron chi connectivity index (χ4n) is 7.03. The summed E-state index contributed by atoms with van der Waals surface area (Å²) in [4.78, 5) is 12.9. The van der Waals surface area contributed by atoms with Crippen LogP contribution in [0.2, 0.25) is 0 Å². The molecular formula is C48H86O12S. The summed E-state index contributed by atoms with van der Waals surface area (Å²) in [5, 5.41) is 30.7. The molecule has 1 fully saturated rings. The van der Waals surface area contributed by atoms with Crippen LogP contribution in [0.15, 0.2) is 48.6 Å². The first kappa shape index (κ1) is 57.1. The number of aliphatic hydroxyl groups excluding tert-OH is 3. The highest BCUT2D eigenvalue weighted by Gasteiger charge is 2.48. The maximum atomic E-state index is 12.9. The van der Waals surface area contributed by atoms with Crippen LogP contribution in [0.3, 0.4) is 0 Å². The minimum atomic E-state index is -5.07. The fourth-order valence-corrected chi connectivity index (χ4v) is 7.53. The average molecular weight is 887 g/mol. The van der Waals surface area contributed by atoms with Gasteiger partial charge in [0.2, 0.25) is 0 Å². The first-order valence-electron chi connectivity index (χ1n) is 23.9. The Labute approximate surface area is 370 Å². The van der Waals surface area contributed by atoms with Gasteiger partial charge in [-0.2, -0.15) is 8.42 Å². The van der Waals surface area contributed by atoms with E-state index in [1.165, 1.54) is 83.5 Å². The highest BCUT2D eigenvalue weighted by molar-refractivity contribution is 7.80. The highest BCUT2D eigenvalue weighted by Crippen LogP contribution is 2.26. The molecule has 0 bridgehead atoms. The molecule has 1 aliphatic heterocycles. The predicted molar refractivity (Wildman–Crippen MR) is 243 cm³/mol. The fraction of sp³-hybridized carbons (Fsp3) is 0.812. The zero-order valence-corrected chi connectivity index (χ0v) is 38.8. The summed E-state index contributed by atoms with van der Waals surface area (Å²) in [5.74, 6) is -0.414. The molecule has 6 atom stereocenters. The second-order valence-electron chi connectivity index (χ2n) is 16.3. The van der Waals surface area contributed by atoms with Crippen molar-refractivity contribution < 1.29 is 56.2 Å². The quantitative estimate of drug-likeness (QED) is 0.0198. The summed E-state index contributed by atoms with van der Waals surface area (Å²) in [6.07, 6.45) is 38.5. The van der Waals surface area contributed by atoms with Gasteiger partial charge in [-0.1, -0.05) is 152 Å². The normalized spacial score (nSPS) is 20.5. The maximum absolute atomic E-state index is 12.9. The lowest BCUT2D eigenvalue weighted by Gasteiger charge is -2.41. The summed E-state index contributed by atoms with van der Waals surface area (Å²) in [7, 11) is -5.07. The lowest BCUT2D eigenvalue weighted by Crippen LogP contribution is -2.60. The first-order valence-corrected chi connectivity index (χ1v) is 25.3. The molecule has 4 N–H and O–H groups in total. The van der Waals surface area contributed by atoms with E-state index in [0.29, 0.717) is 13.0 Å². The third-order valence-electron chi connectivity index (χ3n) is 10.7. The smallest absolute Gasteiger partial charge is 0.397 e. The maximum Gasteiger partial charge on any atom is 0.397 e. The first-order chi connectivity index (χ1) is 29.6. The number of esters is 1. The van der Waals surface area contributed by atoms with Gasteiger partial charge in [-0.15, -0.1) is 0 Å². The van der Waals surface area contributed by atoms with E-state index in [1.807, 2.05) is 0 Å². The van der Waals surface area contributed by atoms with Crippen molar-refractivity contribution >= 4 is 16.4 Å². The van der Waals surface area contributed by atoms with Crippen molar-refractivity contribution in [3.8, 4) is 0 Å². The van der Waals surface area contributed by atoms with Crippen LogP contribution in [0, 0.1) is 0 Å². The Morgan fingerprint density at radius 2 is 1.08 bits per heavy atom. The van der Waals surface area contributed by atoms with Crippen molar-refractivity contribution in [2.24, 2.45) is 0 Å². The van der Waals surface area contributed by atoms with Crippen LogP contribution in [0.5, 0.6) is 0 Å². The van der Waals surface area contributed by atoms with Crippen molar-refractivity contribution in [3.05, 3.63) is 48.6 Å². The Morgan fingerprint density at radius 1 is 0.623 bits per heavy atom. The minimum absolute atomic E-state index is 0.0256. The van der Waals surface area contributed by atoms with Crippen LogP contribution < -0.4 is 0 Å². The molecule has 6 unspecified atom stereocenters. The molecule has 0 aromatic rings. The number of rotatable bonds is 41. The minimum Gasteiger partial charge on any atom is -0.457 e. The molecule has 13 heteroatoms. The molecule has 0 saturated carbocycles. The Balaban J connectivity index is 2.42. The van der Waals surface area contributed by atoms with E-state index in [1.54, 1.807) is 0 Å². The lowest BCUT2D eigenvalue weighted by molar-refractivity contribution is -0.301. The summed E-state index contributed by atoms with van der Waals surface area (Å²) in [5.41, 5.74) is 0. The molecule has 0 aliphatic carbocycles. The second-order valence-corrected chi connectivity index (χ2v) is 17.4. The number of carbonyl (C=O) groups excluding carboxylic acids is 1. The monoisotopic (exact) mass is 887 g/mol. The number of hydrogen-bond acceptors (Lipinski definition) is 11. The Morgan fingerprint density at radius 3 is 1.62 bits per heavy atom. The average Bonchev–Trinajstić information content (AvgIpc) is 3.23. The SMILES string of the molecule is CCCCC/C=C\C/C=C\C/C=C\CCCCCCCCC(=O)OC(COCCCCCCCC/C=C\CCCCCCC)COC1OC(CO)C(O)C(OS(=O)(=O)O)C1O. The topological polar surface area (TPSA) is 178 Å². The number of unbranched alkanes of at least 4 members (excludes halogenated alkanes) is 20. The number of allylic oxidation sites excluding steroid dienone is 8. The predicted octanol–water partition coefficient (Wildman–Crippen LogP) is 10.4. The van der Waals surface area contributed by atoms with Crippen LogP contribution in [0.4, 0.5) is 0 Å². The van der Waals surface area contributed by atoms with E-state index in [9.17, 15) is 28.5 Å². The van der Waals surface area contributed by atoms with Gasteiger partial charge in [-0.25, -0.2) is 4.18 Å². The van der Waals surface area contributed by atoms with Gasteiger partial charge in [-0.3, -0.25) is 9.35 Å². The van der Waals surface area contributed by atoms with Gasteiger partial charge in [0.1, 0.15) is 30.5 Å². The molecule has 12 nitrogen and oxygen atoms in total. The van der Waals surface area contributed by atoms with Crippen molar-refractivity contribution in [2.75, 3.05) is 26.4 Å². The number of carbonyl (C=O) groups is 1. The molecule has 0 spiro atoms. The van der Waals surface area contributed by atoms with Crippen LogP contribution in [0.25, 0.3) is 0 Å². The lowest BCUT2D eigenvalue weighted by atomic mass is 9.99. The molecule has 0 radical (unpaired) electrons. The number of ether oxygens (including phenoxy) is 4. The van der Waals surface area contributed by atoms with Gasteiger partial charge in [0.15, 0.2) is 6.29 Å². The molecule has 0 aromatic heterocycles. The van der Waals surface area contributed by atoms with Crippen LogP contribution >= 0.6 is 0 Å². The standard InChI is InChI=1S/C48H86O12S/c1-3-5-7-9-11-13-15-17-19-20-21-22-23-25-27-29-31-33-35-37-44(50)58-42(41-57-48-46(52)47(60-61(53,54)55)45(51)43(39-49)59-48)40-56-38-36-34-32-30-28-26-24-18-16-14-12-10-8-6-4-2/h11,13,16-19,21-22,42-43,45-49,51-52H,3-10,12,14-15,20,23-41H2,1-2H3,(H,53,54,55)/b13-11-,18-16-,19-17-,22-21-. The van der Waals surface area contributed by atoms with Crippen LogP contribution in [-0.2, 0) is 38.3 Å². The summed E-state index contributed by atoms with van der Waals surface area (Å²) >= 11 is 0. The third kappa shape index (κ3) is 33.3. The third-order valence-corrected chi connectivity index (χ3v) is 11.1. The molecule has 1 rings (SSSR count). The number of hydrogen-bond donors (Lipinski definition) is 4. The summed E-state index contributed by atoms with van der Waals surface area (Å²) in [6, 6.07) is 0. The summed E-state index contributed by atoms with van der Waals surface area (Å²) in [6.45, 7) is 3.92. The Kier molecular flexibility index (Phi) is 37.1. The van der Waals surface area contributed by atoms with Gasteiger partial charge in [0.05, 0.1) is 19.8 Å². The van der Waals surface area contributed by atoms with Crippen molar-refractivity contribution in [3.63, 3.8) is 0 Å². The highest BCUT2D eigenvalue weighted by atomic mass is 32.3. The van der Waals surface area contributed by atoms with Crippen LogP contribution in [0.1, 0.15) is 187 Å². The Hall–Kier alpha value is -1.94. The largest absolute Gasteiger partial charge is 0.457 e. The van der Waals surface area contributed by atoms with E-state index in [0.717, 1.165) is 77.0 Å². The molecule has 0 aromatic carbocycles. The van der Waals surface area contributed by atoms with E-state index in [-0.39, 0.29) is 19.6 Å². The number of aliphatic hydroxyl groups is 3. The van der Waals surface area contributed by atoms with Crippen molar-refractivity contribution in [2.45, 2.75) is 224 Å². The van der Waals surface area contributed by atoms with Gasteiger partial charge in [-0.05, 0) is 77.0 Å².